The number of hydrazone groups is 1. The highest BCUT2D eigenvalue weighted by atomic mass is 16.5. The number of benzene rings is 3. The Kier molecular flexibility index (Phi) is 7.13. The Morgan fingerprint density at radius 1 is 0.943 bits per heavy atom. The fourth-order valence-corrected chi connectivity index (χ4v) is 3.21. The molecule has 3 aromatic carbocycles. The average molecular weight is 467 g/mol. The summed E-state index contributed by atoms with van der Waals surface area (Å²) in [5.41, 5.74) is 3.69. The lowest BCUT2D eigenvalue weighted by Crippen LogP contribution is -2.32. The molecule has 0 fully saturated rings. The zero-order valence-corrected chi connectivity index (χ0v) is 18.7. The molecule has 2 amide bonds. The summed E-state index contributed by atoms with van der Waals surface area (Å²) in [5.74, 6) is -0.480. The van der Waals surface area contributed by atoms with E-state index < -0.39 is 11.8 Å². The Hall–Kier alpha value is -4.98. The van der Waals surface area contributed by atoms with Crippen molar-refractivity contribution in [1.29, 1.82) is 0 Å². The molecule has 4 aromatic rings. The molecular formula is C27H21N3O5. The van der Waals surface area contributed by atoms with Crippen molar-refractivity contribution in [1.82, 2.24) is 10.7 Å². The fourth-order valence-electron chi connectivity index (χ4n) is 3.21. The molecule has 0 saturated carbocycles. The van der Waals surface area contributed by atoms with Crippen LogP contribution in [0.2, 0.25) is 0 Å². The van der Waals surface area contributed by atoms with Crippen molar-refractivity contribution in [3.05, 3.63) is 118 Å². The third-order valence-corrected chi connectivity index (χ3v) is 5.03. The van der Waals surface area contributed by atoms with Gasteiger partial charge in [-0.05, 0) is 48.0 Å². The number of carbonyl (C=O) groups is 2. The topological polar surface area (TPSA) is 110 Å². The number of nitrogens with zero attached hydrogens (tertiary/aromatic N) is 1. The first-order valence-electron chi connectivity index (χ1n) is 10.6. The van der Waals surface area contributed by atoms with Crippen molar-refractivity contribution >= 4 is 35.1 Å². The van der Waals surface area contributed by atoms with Crippen molar-refractivity contribution < 1.29 is 18.7 Å². The van der Waals surface area contributed by atoms with E-state index in [1.165, 1.54) is 18.6 Å². The number of ether oxygens (including phenoxy) is 1. The van der Waals surface area contributed by atoms with E-state index in [1.54, 1.807) is 86.0 Å². The van der Waals surface area contributed by atoms with Crippen LogP contribution in [0, 0.1) is 0 Å². The molecule has 0 radical (unpaired) electrons. The van der Waals surface area contributed by atoms with Crippen LogP contribution >= 0.6 is 0 Å². The van der Waals surface area contributed by atoms with Crippen LogP contribution in [-0.2, 0) is 4.79 Å². The van der Waals surface area contributed by atoms with E-state index in [2.05, 4.69) is 15.8 Å². The van der Waals surface area contributed by atoms with Gasteiger partial charge >= 0.3 is 0 Å². The van der Waals surface area contributed by atoms with Crippen LogP contribution in [0.1, 0.15) is 21.5 Å². The van der Waals surface area contributed by atoms with Crippen molar-refractivity contribution in [2.75, 3.05) is 7.11 Å². The van der Waals surface area contributed by atoms with E-state index >= 15 is 0 Å². The molecule has 4 rings (SSSR count). The quantitative estimate of drug-likeness (QED) is 0.245. The molecule has 1 aromatic heterocycles. The van der Waals surface area contributed by atoms with Crippen molar-refractivity contribution in [3.63, 3.8) is 0 Å². The number of amides is 2. The monoisotopic (exact) mass is 467 g/mol. The number of methoxy groups -OCH3 is 1. The lowest BCUT2D eigenvalue weighted by molar-refractivity contribution is -0.117. The van der Waals surface area contributed by atoms with Crippen molar-refractivity contribution in [2.24, 2.45) is 5.10 Å². The van der Waals surface area contributed by atoms with Gasteiger partial charge in [0.25, 0.3) is 11.8 Å². The molecule has 8 heteroatoms. The molecule has 174 valence electrons. The maximum absolute atomic E-state index is 12.9. The number of rotatable bonds is 7. The van der Waals surface area contributed by atoms with Gasteiger partial charge in [0.05, 0.1) is 24.3 Å². The smallest absolute Gasteiger partial charge is 0.287 e. The van der Waals surface area contributed by atoms with E-state index in [-0.39, 0.29) is 16.7 Å². The maximum Gasteiger partial charge on any atom is 0.287 e. The molecule has 0 aliphatic rings. The highest BCUT2D eigenvalue weighted by Crippen LogP contribution is 2.14. The Morgan fingerprint density at radius 3 is 2.40 bits per heavy atom. The SMILES string of the molecule is COc1ccc(C=C(NC(=O)c2ccccc2)C(=O)NN=Cc2coc3ccccc3c2=O)cc1. The number of fused-ring (bicyclic) bond motifs is 1. The molecule has 0 spiro atoms. The van der Waals surface area contributed by atoms with Crippen molar-refractivity contribution in [3.8, 4) is 5.75 Å². The standard InChI is InChI=1S/C27H21N3O5/c1-34-21-13-11-18(12-14-21)15-23(29-26(32)19-7-3-2-4-8-19)27(33)30-28-16-20-17-35-24-10-6-5-9-22(24)25(20)31/h2-17H,1H3,(H,29,32)(H,30,33). The van der Waals surface area contributed by atoms with E-state index in [0.717, 1.165) is 0 Å². The molecule has 1 heterocycles. The molecule has 0 aliphatic carbocycles. The molecule has 0 bridgehead atoms. The van der Waals surface area contributed by atoms with Crippen LogP contribution < -0.4 is 20.9 Å². The molecule has 0 atom stereocenters. The molecule has 0 aliphatic heterocycles. The van der Waals surface area contributed by atoms with Gasteiger partial charge < -0.3 is 14.5 Å². The third-order valence-electron chi connectivity index (χ3n) is 5.03. The Bertz CT molecular complexity index is 1470. The van der Waals surface area contributed by atoms with E-state index in [1.807, 2.05) is 0 Å². The second-order valence-corrected chi connectivity index (χ2v) is 7.37. The van der Waals surface area contributed by atoms with Gasteiger partial charge in [0, 0.05) is 5.56 Å². The number of para-hydroxylation sites is 1. The average Bonchev–Trinajstić information content (AvgIpc) is 2.90. The molecule has 35 heavy (non-hydrogen) atoms. The first kappa shape index (κ1) is 23.2. The van der Waals surface area contributed by atoms with Crippen molar-refractivity contribution in [2.45, 2.75) is 0 Å². The van der Waals surface area contributed by atoms with Crippen LogP contribution in [0.15, 0.2) is 105 Å². The summed E-state index contributed by atoms with van der Waals surface area (Å²) in [5, 5.41) is 6.90. The zero-order chi connectivity index (χ0) is 24.6. The minimum absolute atomic E-state index is 0.0354. The van der Waals surface area contributed by atoms with Gasteiger partial charge in [-0.15, -0.1) is 0 Å². The van der Waals surface area contributed by atoms with E-state index in [9.17, 15) is 14.4 Å². The highest BCUT2D eigenvalue weighted by molar-refractivity contribution is 6.05. The van der Waals surface area contributed by atoms with Gasteiger partial charge in [-0.3, -0.25) is 14.4 Å². The van der Waals surface area contributed by atoms with Gasteiger partial charge in [0.1, 0.15) is 23.3 Å². The Balaban J connectivity index is 1.56. The Morgan fingerprint density at radius 2 is 1.66 bits per heavy atom. The zero-order valence-electron chi connectivity index (χ0n) is 18.7. The number of hydrogen-bond donors (Lipinski definition) is 2. The lowest BCUT2D eigenvalue weighted by Gasteiger charge is -2.09. The summed E-state index contributed by atoms with van der Waals surface area (Å²) in [6.07, 6.45) is 3.97. The van der Waals surface area contributed by atoms with Crippen LogP contribution in [0.4, 0.5) is 0 Å². The maximum atomic E-state index is 12.9. The third kappa shape index (κ3) is 5.69. The second kappa shape index (κ2) is 10.8. The number of nitrogens with one attached hydrogen (secondary N) is 2. The molecule has 0 unspecified atom stereocenters. The van der Waals surface area contributed by atoms with Gasteiger partial charge in [-0.2, -0.15) is 5.10 Å². The summed E-state index contributed by atoms with van der Waals surface area (Å²) in [4.78, 5) is 38.2. The Labute approximate surface area is 200 Å². The van der Waals surface area contributed by atoms with Crippen LogP contribution in [0.5, 0.6) is 5.75 Å². The predicted molar refractivity (Wildman–Crippen MR) is 133 cm³/mol. The first-order valence-corrected chi connectivity index (χ1v) is 10.6. The normalized spacial score (nSPS) is 11.4. The van der Waals surface area contributed by atoms with Gasteiger partial charge in [-0.25, -0.2) is 5.43 Å². The van der Waals surface area contributed by atoms with Crippen LogP contribution in [-0.4, -0.2) is 25.1 Å². The predicted octanol–water partition coefficient (Wildman–Crippen LogP) is 3.72. The fraction of sp³-hybridized carbons (Fsp3) is 0.0370. The van der Waals surface area contributed by atoms with Gasteiger partial charge in [-0.1, -0.05) is 42.5 Å². The minimum atomic E-state index is -0.675. The lowest BCUT2D eigenvalue weighted by atomic mass is 10.1. The summed E-state index contributed by atoms with van der Waals surface area (Å²) in [6.45, 7) is 0. The van der Waals surface area contributed by atoms with E-state index in [0.29, 0.717) is 27.8 Å². The molecule has 0 saturated heterocycles. The highest BCUT2D eigenvalue weighted by Gasteiger charge is 2.14. The summed E-state index contributed by atoms with van der Waals surface area (Å²) in [7, 11) is 1.55. The van der Waals surface area contributed by atoms with Crippen LogP contribution in [0.25, 0.3) is 17.0 Å². The summed E-state index contributed by atoms with van der Waals surface area (Å²) < 4.78 is 10.6. The summed E-state index contributed by atoms with van der Waals surface area (Å²) in [6, 6.07) is 22.3. The molecule has 8 nitrogen and oxygen atoms in total. The van der Waals surface area contributed by atoms with Gasteiger partial charge in [0.2, 0.25) is 5.43 Å². The van der Waals surface area contributed by atoms with E-state index in [4.69, 9.17) is 9.15 Å². The first-order chi connectivity index (χ1) is 17.0. The molecular weight excluding hydrogens is 446 g/mol. The largest absolute Gasteiger partial charge is 0.497 e. The summed E-state index contributed by atoms with van der Waals surface area (Å²) >= 11 is 0. The minimum Gasteiger partial charge on any atom is -0.497 e. The second-order valence-electron chi connectivity index (χ2n) is 7.37. The number of carbonyl (C=O) groups excluding carboxylic acids is 2. The van der Waals surface area contributed by atoms with Gasteiger partial charge in [0.15, 0.2) is 0 Å². The number of hydrogen-bond acceptors (Lipinski definition) is 6. The van der Waals surface area contributed by atoms with Crippen LogP contribution in [0.3, 0.4) is 0 Å². The molecule has 2 N–H and O–H groups in total.